The summed E-state index contributed by atoms with van der Waals surface area (Å²) in [5.74, 6) is -0.00325. The summed E-state index contributed by atoms with van der Waals surface area (Å²) in [5, 5.41) is 20.4. The second-order valence-electron chi connectivity index (χ2n) is 4.34. The molecule has 18 heavy (non-hydrogen) atoms. The number of aliphatic hydroxyl groups excluding tert-OH is 1. The summed E-state index contributed by atoms with van der Waals surface area (Å²) < 4.78 is 4.86. The lowest BCUT2D eigenvalue weighted by Gasteiger charge is -2.34. The van der Waals surface area contributed by atoms with Crippen molar-refractivity contribution in [1.29, 1.82) is 0 Å². The third kappa shape index (κ3) is 2.48. The Morgan fingerprint density at radius 1 is 1.56 bits per heavy atom. The average Bonchev–Trinajstić information content (AvgIpc) is 2.36. The van der Waals surface area contributed by atoms with Gasteiger partial charge in [-0.3, -0.25) is 10.1 Å². The van der Waals surface area contributed by atoms with Crippen molar-refractivity contribution in [2.75, 3.05) is 25.7 Å². The summed E-state index contributed by atoms with van der Waals surface area (Å²) in [6.45, 7) is 3.31. The molecule has 1 aromatic heterocycles. The third-order valence-electron chi connectivity index (χ3n) is 2.76. The Morgan fingerprint density at radius 3 is 2.61 bits per heavy atom. The van der Waals surface area contributed by atoms with Crippen LogP contribution >= 0.6 is 0 Å². The second kappa shape index (κ2) is 5.13. The number of aliphatic hydroxyl groups is 1. The normalized spacial score (nSPS) is 11.2. The Bertz CT molecular complexity index is 450. The van der Waals surface area contributed by atoms with Crippen molar-refractivity contribution in [1.82, 2.24) is 9.97 Å². The molecule has 0 radical (unpaired) electrons. The highest BCUT2D eigenvalue weighted by Gasteiger charge is 2.32. The van der Waals surface area contributed by atoms with Crippen molar-refractivity contribution in [2.45, 2.75) is 19.4 Å². The Morgan fingerprint density at radius 2 is 2.17 bits per heavy atom. The van der Waals surface area contributed by atoms with Crippen molar-refractivity contribution in [3.05, 3.63) is 16.4 Å². The molecule has 0 aliphatic carbocycles. The first kappa shape index (κ1) is 14.1. The van der Waals surface area contributed by atoms with Crippen LogP contribution in [0.4, 0.5) is 11.5 Å². The number of hydrogen-bond acceptors (Lipinski definition) is 7. The van der Waals surface area contributed by atoms with Crippen LogP contribution in [0.5, 0.6) is 5.88 Å². The summed E-state index contributed by atoms with van der Waals surface area (Å²) in [6, 6.07) is 0. The van der Waals surface area contributed by atoms with E-state index in [2.05, 4.69) is 9.97 Å². The third-order valence-corrected chi connectivity index (χ3v) is 2.76. The fourth-order valence-electron chi connectivity index (χ4n) is 1.30. The molecule has 0 bridgehead atoms. The van der Waals surface area contributed by atoms with Gasteiger partial charge in [0.2, 0.25) is 5.82 Å². The summed E-state index contributed by atoms with van der Waals surface area (Å²) >= 11 is 0. The maximum absolute atomic E-state index is 11.1. The van der Waals surface area contributed by atoms with Crippen LogP contribution in [-0.2, 0) is 0 Å². The van der Waals surface area contributed by atoms with Crippen LogP contribution in [0.15, 0.2) is 6.33 Å². The van der Waals surface area contributed by atoms with Crippen LogP contribution in [0.3, 0.4) is 0 Å². The lowest BCUT2D eigenvalue weighted by Crippen LogP contribution is -2.45. The topological polar surface area (TPSA) is 102 Å². The van der Waals surface area contributed by atoms with E-state index in [4.69, 9.17) is 4.74 Å². The molecule has 0 aliphatic rings. The fourth-order valence-corrected chi connectivity index (χ4v) is 1.30. The lowest BCUT2D eigenvalue weighted by molar-refractivity contribution is -0.385. The van der Waals surface area contributed by atoms with Crippen LogP contribution in [0.2, 0.25) is 0 Å². The molecule has 1 N–H and O–H groups in total. The Balaban J connectivity index is 3.36. The minimum absolute atomic E-state index is 0.103. The molecule has 1 aromatic rings. The molecule has 0 aromatic carbocycles. The molecule has 0 fully saturated rings. The number of hydrogen-bond donors (Lipinski definition) is 1. The fraction of sp³-hybridized carbons (Fsp3) is 0.600. The highest BCUT2D eigenvalue weighted by atomic mass is 16.6. The zero-order chi connectivity index (χ0) is 13.9. The summed E-state index contributed by atoms with van der Waals surface area (Å²) in [5.41, 5.74) is -1.01. The predicted molar refractivity (Wildman–Crippen MR) is 64.8 cm³/mol. The summed E-state index contributed by atoms with van der Waals surface area (Å²) in [6.07, 6.45) is 1.19. The monoisotopic (exact) mass is 256 g/mol. The van der Waals surface area contributed by atoms with Crippen LogP contribution in [0.1, 0.15) is 13.8 Å². The first-order chi connectivity index (χ1) is 8.35. The van der Waals surface area contributed by atoms with E-state index in [9.17, 15) is 15.2 Å². The lowest BCUT2D eigenvalue weighted by atomic mass is 10.1. The van der Waals surface area contributed by atoms with Crippen LogP contribution in [-0.4, -0.2) is 46.3 Å². The van der Waals surface area contributed by atoms with E-state index in [0.29, 0.717) is 0 Å². The van der Waals surface area contributed by atoms with Crippen molar-refractivity contribution < 1.29 is 14.8 Å². The second-order valence-corrected chi connectivity index (χ2v) is 4.34. The Hall–Kier alpha value is -1.96. The van der Waals surface area contributed by atoms with E-state index in [-0.39, 0.29) is 24.0 Å². The van der Waals surface area contributed by atoms with E-state index in [0.717, 1.165) is 0 Å². The highest BCUT2D eigenvalue weighted by molar-refractivity contribution is 5.63. The van der Waals surface area contributed by atoms with E-state index in [1.165, 1.54) is 18.3 Å². The molecule has 0 amide bonds. The van der Waals surface area contributed by atoms with E-state index < -0.39 is 10.5 Å². The molecule has 8 heteroatoms. The van der Waals surface area contributed by atoms with Gasteiger partial charge in [0.25, 0.3) is 5.88 Å². The number of anilines is 1. The van der Waals surface area contributed by atoms with Crippen LogP contribution in [0, 0.1) is 10.1 Å². The molecule has 0 saturated carbocycles. The van der Waals surface area contributed by atoms with Gasteiger partial charge >= 0.3 is 5.69 Å². The van der Waals surface area contributed by atoms with E-state index >= 15 is 0 Å². The molecule has 100 valence electrons. The molecule has 0 atom stereocenters. The SMILES string of the molecule is COc1ncnc(N(C)C(C)(C)CO)c1[N+](=O)[O-]. The quantitative estimate of drug-likeness (QED) is 0.608. The summed E-state index contributed by atoms with van der Waals surface area (Å²) in [7, 11) is 2.92. The van der Waals surface area contributed by atoms with Gasteiger partial charge in [-0.2, -0.15) is 4.98 Å². The van der Waals surface area contributed by atoms with Crippen molar-refractivity contribution in [2.24, 2.45) is 0 Å². The van der Waals surface area contributed by atoms with E-state index in [1.807, 2.05) is 0 Å². The molecule has 0 unspecified atom stereocenters. The summed E-state index contributed by atoms with van der Waals surface area (Å²) in [4.78, 5) is 19.6. The molecular formula is C10H16N4O4. The van der Waals surface area contributed by atoms with Gasteiger partial charge in [-0.1, -0.05) is 0 Å². The maximum Gasteiger partial charge on any atom is 0.372 e. The van der Waals surface area contributed by atoms with Gasteiger partial charge in [0, 0.05) is 7.05 Å². The van der Waals surface area contributed by atoms with Crippen LogP contribution < -0.4 is 9.64 Å². The van der Waals surface area contributed by atoms with Gasteiger partial charge in [0.15, 0.2) is 0 Å². The zero-order valence-corrected chi connectivity index (χ0v) is 10.7. The first-order valence-electron chi connectivity index (χ1n) is 5.23. The zero-order valence-electron chi connectivity index (χ0n) is 10.7. The van der Waals surface area contributed by atoms with Crippen molar-refractivity contribution >= 4 is 11.5 Å². The number of nitrogens with zero attached hydrogens (tertiary/aromatic N) is 4. The number of likely N-dealkylation sites (N-methyl/N-ethyl adjacent to an activating group) is 1. The smallest absolute Gasteiger partial charge is 0.372 e. The number of ether oxygens (including phenoxy) is 1. The van der Waals surface area contributed by atoms with Gasteiger partial charge in [-0.25, -0.2) is 4.98 Å². The standard InChI is InChI=1S/C10H16N4O4/c1-10(2,5-15)13(3)8-7(14(16)17)9(18-4)12-6-11-8/h6,15H,5H2,1-4H3. The largest absolute Gasteiger partial charge is 0.476 e. The average molecular weight is 256 g/mol. The number of aromatic nitrogens is 2. The molecule has 0 aliphatic heterocycles. The molecule has 1 heterocycles. The minimum Gasteiger partial charge on any atom is -0.476 e. The number of rotatable bonds is 5. The number of methoxy groups -OCH3 is 1. The van der Waals surface area contributed by atoms with Gasteiger partial charge in [0.1, 0.15) is 6.33 Å². The molecule has 1 rings (SSSR count). The number of nitro groups is 1. The van der Waals surface area contributed by atoms with Gasteiger partial charge in [0.05, 0.1) is 24.2 Å². The Kier molecular flexibility index (Phi) is 4.02. The van der Waals surface area contributed by atoms with Gasteiger partial charge in [-0.05, 0) is 13.8 Å². The van der Waals surface area contributed by atoms with Crippen molar-refractivity contribution in [3.63, 3.8) is 0 Å². The van der Waals surface area contributed by atoms with E-state index in [1.54, 1.807) is 20.9 Å². The van der Waals surface area contributed by atoms with Gasteiger partial charge < -0.3 is 14.7 Å². The minimum atomic E-state index is -0.690. The van der Waals surface area contributed by atoms with Gasteiger partial charge in [-0.15, -0.1) is 0 Å². The first-order valence-corrected chi connectivity index (χ1v) is 5.23. The molecular weight excluding hydrogens is 240 g/mol. The predicted octanol–water partition coefficient (Wildman–Crippen LogP) is 0.601. The molecule has 8 nitrogen and oxygen atoms in total. The Labute approximate surface area is 104 Å². The molecule has 0 saturated heterocycles. The molecule has 0 spiro atoms. The van der Waals surface area contributed by atoms with Crippen molar-refractivity contribution in [3.8, 4) is 5.88 Å². The highest BCUT2D eigenvalue weighted by Crippen LogP contribution is 2.35. The maximum atomic E-state index is 11.1. The van der Waals surface area contributed by atoms with Crippen LogP contribution in [0.25, 0.3) is 0 Å².